The van der Waals surface area contributed by atoms with Crippen molar-refractivity contribution in [2.45, 2.75) is 55.6 Å². The molecule has 2 aromatic rings. The molecule has 0 spiro atoms. The number of rotatable bonds is 6. The van der Waals surface area contributed by atoms with E-state index in [2.05, 4.69) is 9.47 Å². The van der Waals surface area contributed by atoms with Crippen LogP contribution in [0.3, 0.4) is 0 Å². The van der Waals surface area contributed by atoms with E-state index in [1.807, 2.05) is 29.3 Å². The Labute approximate surface area is 190 Å². The lowest BCUT2D eigenvalue weighted by atomic mass is 10.1. The molecule has 0 bridgehead atoms. The number of hydrogen-bond acceptors (Lipinski definition) is 4. The molecule has 0 radical (unpaired) electrons. The number of carbonyl (C=O) groups excluding carboxylic acids is 1. The fraction of sp³-hybridized carbons (Fsp3) is 0.542. The normalized spacial score (nSPS) is 24.7. The van der Waals surface area contributed by atoms with Crippen molar-refractivity contribution in [3.8, 4) is 0 Å². The van der Waals surface area contributed by atoms with Gasteiger partial charge >= 0.3 is 0 Å². The van der Waals surface area contributed by atoms with E-state index >= 15 is 0 Å². The molecule has 32 heavy (non-hydrogen) atoms. The van der Waals surface area contributed by atoms with Gasteiger partial charge in [-0.1, -0.05) is 18.2 Å². The maximum atomic E-state index is 13.5. The van der Waals surface area contributed by atoms with Gasteiger partial charge in [-0.05, 0) is 63.0 Å². The molecule has 3 aliphatic rings. The van der Waals surface area contributed by atoms with Crippen molar-refractivity contribution < 1.29 is 13.2 Å². The molecule has 1 aromatic heterocycles. The van der Waals surface area contributed by atoms with Crippen LogP contribution in [-0.2, 0) is 21.4 Å². The van der Waals surface area contributed by atoms with Crippen molar-refractivity contribution in [2.75, 3.05) is 32.7 Å². The fourth-order valence-corrected chi connectivity index (χ4v) is 7.18. The van der Waals surface area contributed by atoms with Crippen LogP contribution in [0.15, 0.2) is 53.6 Å². The highest BCUT2D eigenvalue weighted by Crippen LogP contribution is 2.35. The SMILES string of the molecule is O=C(CC1c2cccn2CCN1S(=O)(=O)c1ccccc1)N1CCC[C@H]1CN1CCCC1. The second-order valence-corrected chi connectivity index (χ2v) is 11.1. The van der Waals surface area contributed by atoms with E-state index in [4.69, 9.17) is 0 Å². The maximum absolute atomic E-state index is 13.5. The van der Waals surface area contributed by atoms with Crippen molar-refractivity contribution in [2.24, 2.45) is 0 Å². The molecule has 172 valence electrons. The number of carbonyl (C=O) groups is 1. The number of likely N-dealkylation sites (tertiary alicyclic amines) is 2. The molecule has 0 N–H and O–H groups in total. The minimum atomic E-state index is -3.69. The maximum Gasteiger partial charge on any atom is 0.243 e. The summed E-state index contributed by atoms with van der Waals surface area (Å²) in [6, 6.07) is 12.2. The van der Waals surface area contributed by atoms with E-state index < -0.39 is 16.1 Å². The molecule has 3 aliphatic heterocycles. The third-order valence-corrected chi connectivity index (χ3v) is 9.12. The zero-order valence-corrected chi connectivity index (χ0v) is 19.3. The van der Waals surface area contributed by atoms with E-state index in [-0.39, 0.29) is 23.3 Å². The summed E-state index contributed by atoms with van der Waals surface area (Å²) >= 11 is 0. The quantitative estimate of drug-likeness (QED) is 0.670. The standard InChI is InChI=1S/C24H32N4O3S/c29-24(27-15-6-8-20(27)19-25-12-4-5-13-25)18-23-22-11-7-14-26(22)16-17-28(23)32(30,31)21-9-2-1-3-10-21/h1-3,7,9-11,14,20,23H,4-6,8,12-13,15-19H2/t20-,23?/m0/s1. The van der Waals surface area contributed by atoms with Gasteiger partial charge < -0.3 is 14.4 Å². The van der Waals surface area contributed by atoms with Crippen LogP contribution in [0, 0.1) is 0 Å². The van der Waals surface area contributed by atoms with Crippen molar-refractivity contribution in [1.29, 1.82) is 0 Å². The first kappa shape index (κ1) is 21.7. The number of fused-ring (bicyclic) bond motifs is 1. The van der Waals surface area contributed by atoms with Crippen LogP contribution in [0.1, 0.15) is 43.8 Å². The van der Waals surface area contributed by atoms with Gasteiger partial charge in [-0.2, -0.15) is 4.31 Å². The van der Waals surface area contributed by atoms with Gasteiger partial charge in [0.05, 0.1) is 10.9 Å². The zero-order chi connectivity index (χ0) is 22.1. The van der Waals surface area contributed by atoms with Gasteiger partial charge in [0, 0.05) is 50.5 Å². The molecule has 2 atom stereocenters. The summed E-state index contributed by atoms with van der Waals surface area (Å²) in [7, 11) is -3.69. The van der Waals surface area contributed by atoms with Crippen molar-refractivity contribution in [3.05, 3.63) is 54.4 Å². The van der Waals surface area contributed by atoms with Crippen LogP contribution < -0.4 is 0 Å². The molecule has 1 amide bonds. The lowest BCUT2D eigenvalue weighted by Crippen LogP contribution is -2.46. The van der Waals surface area contributed by atoms with E-state index in [9.17, 15) is 13.2 Å². The Balaban J connectivity index is 1.39. The second kappa shape index (κ2) is 9.00. The Morgan fingerprint density at radius 2 is 1.69 bits per heavy atom. The van der Waals surface area contributed by atoms with Gasteiger partial charge in [0.1, 0.15) is 0 Å². The summed E-state index contributed by atoms with van der Waals surface area (Å²) < 4.78 is 30.7. The Kier molecular flexibility index (Phi) is 6.09. The number of nitrogens with zero attached hydrogens (tertiary/aromatic N) is 4. The first-order valence-electron chi connectivity index (χ1n) is 11.8. The van der Waals surface area contributed by atoms with E-state index in [1.54, 1.807) is 28.6 Å². The van der Waals surface area contributed by atoms with Crippen LogP contribution in [0.25, 0.3) is 0 Å². The summed E-state index contributed by atoms with van der Waals surface area (Å²) in [5.41, 5.74) is 0.902. The van der Waals surface area contributed by atoms with Crippen LogP contribution in [0.5, 0.6) is 0 Å². The Morgan fingerprint density at radius 1 is 0.906 bits per heavy atom. The van der Waals surface area contributed by atoms with E-state index in [0.717, 1.165) is 44.7 Å². The molecule has 1 unspecified atom stereocenters. The molecule has 1 aromatic carbocycles. The molecule has 4 heterocycles. The second-order valence-electron chi connectivity index (χ2n) is 9.17. The lowest BCUT2D eigenvalue weighted by molar-refractivity contribution is -0.133. The Bertz CT molecular complexity index is 1050. The largest absolute Gasteiger partial charge is 0.349 e. The third-order valence-electron chi connectivity index (χ3n) is 7.20. The molecular formula is C24H32N4O3S. The third kappa shape index (κ3) is 4.11. The minimum absolute atomic E-state index is 0.0691. The van der Waals surface area contributed by atoms with Gasteiger partial charge in [0.15, 0.2) is 0 Å². The molecule has 7 nitrogen and oxygen atoms in total. The highest BCUT2D eigenvalue weighted by molar-refractivity contribution is 7.89. The molecule has 0 aliphatic carbocycles. The van der Waals surface area contributed by atoms with Gasteiger partial charge in [-0.3, -0.25) is 4.79 Å². The van der Waals surface area contributed by atoms with Crippen molar-refractivity contribution in [1.82, 2.24) is 18.7 Å². The van der Waals surface area contributed by atoms with Gasteiger partial charge in [-0.15, -0.1) is 0 Å². The average molecular weight is 457 g/mol. The Hall–Kier alpha value is -2.16. The molecule has 8 heteroatoms. The summed E-state index contributed by atoms with van der Waals surface area (Å²) in [5, 5.41) is 0. The molecule has 0 saturated carbocycles. The number of aromatic nitrogens is 1. The Morgan fingerprint density at radius 3 is 2.47 bits per heavy atom. The van der Waals surface area contributed by atoms with Gasteiger partial charge in [0.25, 0.3) is 0 Å². The van der Waals surface area contributed by atoms with Crippen LogP contribution in [0.2, 0.25) is 0 Å². The number of sulfonamides is 1. The van der Waals surface area contributed by atoms with E-state index in [0.29, 0.717) is 13.1 Å². The topological polar surface area (TPSA) is 65.9 Å². The van der Waals surface area contributed by atoms with Gasteiger partial charge in [0.2, 0.25) is 15.9 Å². The van der Waals surface area contributed by atoms with Crippen LogP contribution in [-0.4, -0.2) is 71.8 Å². The summed E-state index contributed by atoms with van der Waals surface area (Å²) in [6.45, 7) is 4.93. The molecule has 2 saturated heterocycles. The summed E-state index contributed by atoms with van der Waals surface area (Å²) in [5.74, 6) is 0.0691. The highest BCUT2D eigenvalue weighted by Gasteiger charge is 2.40. The fourth-order valence-electron chi connectivity index (χ4n) is 5.56. The predicted molar refractivity (Wildman–Crippen MR) is 123 cm³/mol. The zero-order valence-electron chi connectivity index (χ0n) is 18.5. The van der Waals surface area contributed by atoms with Crippen LogP contribution >= 0.6 is 0 Å². The number of benzene rings is 1. The van der Waals surface area contributed by atoms with Crippen molar-refractivity contribution in [3.63, 3.8) is 0 Å². The predicted octanol–water partition coefficient (Wildman–Crippen LogP) is 2.71. The van der Waals surface area contributed by atoms with E-state index in [1.165, 1.54) is 12.8 Å². The summed E-state index contributed by atoms with van der Waals surface area (Å²) in [4.78, 5) is 18.3. The highest BCUT2D eigenvalue weighted by atomic mass is 32.2. The number of hydrogen-bond donors (Lipinski definition) is 0. The van der Waals surface area contributed by atoms with Gasteiger partial charge in [-0.25, -0.2) is 8.42 Å². The smallest absolute Gasteiger partial charge is 0.243 e. The average Bonchev–Trinajstić information content (AvgIpc) is 3.57. The first-order valence-corrected chi connectivity index (χ1v) is 13.2. The molecule has 2 fully saturated rings. The monoisotopic (exact) mass is 456 g/mol. The molecule has 5 rings (SSSR count). The van der Waals surface area contributed by atoms with Crippen molar-refractivity contribution >= 4 is 15.9 Å². The lowest BCUT2D eigenvalue weighted by Gasteiger charge is -2.37. The number of amides is 1. The first-order chi connectivity index (χ1) is 15.5. The minimum Gasteiger partial charge on any atom is -0.349 e. The van der Waals surface area contributed by atoms with Crippen LogP contribution in [0.4, 0.5) is 0 Å². The molecular weight excluding hydrogens is 424 g/mol. The summed E-state index contributed by atoms with van der Waals surface area (Å²) in [6.07, 6.45) is 6.71.